The zero-order valence-corrected chi connectivity index (χ0v) is 13.5. The molecule has 0 radical (unpaired) electrons. The molecule has 0 saturated heterocycles. The van der Waals surface area contributed by atoms with E-state index in [2.05, 4.69) is 45.7 Å². The summed E-state index contributed by atoms with van der Waals surface area (Å²) in [5.41, 5.74) is 2.40. The Bertz CT molecular complexity index is 524. The number of aromatic nitrogens is 2. The van der Waals surface area contributed by atoms with E-state index in [-0.39, 0.29) is 0 Å². The summed E-state index contributed by atoms with van der Waals surface area (Å²) in [6.07, 6.45) is 8.41. The molecule has 0 saturated carbocycles. The van der Waals surface area contributed by atoms with Crippen molar-refractivity contribution in [2.45, 2.75) is 39.5 Å². The van der Waals surface area contributed by atoms with Gasteiger partial charge in [0.2, 0.25) is 0 Å². The first kappa shape index (κ1) is 14.8. The largest absolute Gasteiger partial charge is 0.335 e. The number of anilines is 4. The second-order valence-electron chi connectivity index (χ2n) is 5.70. The second-order valence-corrected chi connectivity index (χ2v) is 5.70. The van der Waals surface area contributed by atoms with Crippen LogP contribution in [0.3, 0.4) is 0 Å². The number of rotatable bonds is 6. The molecular formula is C18H24N4. The molecule has 3 rings (SSSR count). The van der Waals surface area contributed by atoms with Crippen molar-refractivity contribution in [2.24, 2.45) is 0 Å². The van der Waals surface area contributed by atoms with Crippen molar-refractivity contribution >= 4 is 23.0 Å². The Labute approximate surface area is 132 Å². The molecule has 116 valence electrons. The smallest absolute Gasteiger partial charge is 0.158 e. The molecule has 0 fully saturated rings. The van der Waals surface area contributed by atoms with E-state index in [0.717, 1.165) is 37.6 Å². The molecule has 2 aromatic rings. The van der Waals surface area contributed by atoms with E-state index < -0.39 is 0 Å². The first-order valence-electron chi connectivity index (χ1n) is 8.32. The SMILES string of the molecule is CCCCN1c2cccnc2N(CCCC)c2ncccc21. The highest BCUT2D eigenvalue weighted by Crippen LogP contribution is 2.45. The lowest BCUT2D eigenvalue weighted by molar-refractivity contribution is 0.747. The molecule has 2 aromatic heterocycles. The second kappa shape index (κ2) is 6.77. The lowest BCUT2D eigenvalue weighted by Crippen LogP contribution is -2.32. The fourth-order valence-electron chi connectivity index (χ4n) is 2.93. The van der Waals surface area contributed by atoms with Crippen molar-refractivity contribution in [3.63, 3.8) is 0 Å². The van der Waals surface area contributed by atoms with Crippen molar-refractivity contribution in [3.8, 4) is 0 Å². The number of nitrogens with zero attached hydrogens (tertiary/aromatic N) is 4. The summed E-state index contributed by atoms with van der Waals surface area (Å²) in [5.74, 6) is 2.08. The third kappa shape index (κ3) is 2.65. The third-order valence-corrected chi connectivity index (χ3v) is 4.10. The zero-order valence-electron chi connectivity index (χ0n) is 13.5. The van der Waals surface area contributed by atoms with E-state index in [0.29, 0.717) is 0 Å². The Kier molecular flexibility index (Phi) is 4.56. The molecular weight excluding hydrogens is 272 g/mol. The minimum atomic E-state index is 0.964. The van der Waals surface area contributed by atoms with Gasteiger partial charge < -0.3 is 9.80 Å². The summed E-state index contributed by atoms with van der Waals surface area (Å²) in [7, 11) is 0. The van der Waals surface area contributed by atoms with Crippen LogP contribution in [0.4, 0.5) is 23.0 Å². The van der Waals surface area contributed by atoms with Gasteiger partial charge in [-0.1, -0.05) is 26.7 Å². The molecule has 0 aromatic carbocycles. The van der Waals surface area contributed by atoms with Gasteiger partial charge in [-0.05, 0) is 37.1 Å². The minimum Gasteiger partial charge on any atom is -0.335 e. The van der Waals surface area contributed by atoms with Crippen molar-refractivity contribution in [1.29, 1.82) is 0 Å². The predicted molar refractivity (Wildman–Crippen MR) is 92.3 cm³/mol. The molecule has 3 heterocycles. The van der Waals surface area contributed by atoms with Gasteiger partial charge in [0.05, 0.1) is 11.4 Å². The number of fused-ring (bicyclic) bond motifs is 2. The molecule has 0 aliphatic carbocycles. The first-order chi connectivity index (χ1) is 10.9. The molecule has 4 heteroatoms. The van der Waals surface area contributed by atoms with E-state index in [4.69, 9.17) is 0 Å². The van der Waals surface area contributed by atoms with Gasteiger partial charge in [0.15, 0.2) is 11.6 Å². The quantitative estimate of drug-likeness (QED) is 0.775. The van der Waals surface area contributed by atoms with Crippen LogP contribution in [0.1, 0.15) is 39.5 Å². The van der Waals surface area contributed by atoms with Gasteiger partial charge in [0.25, 0.3) is 0 Å². The monoisotopic (exact) mass is 296 g/mol. The average molecular weight is 296 g/mol. The van der Waals surface area contributed by atoms with Crippen LogP contribution in [0.5, 0.6) is 0 Å². The minimum absolute atomic E-state index is 0.964. The number of hydrogen-bond donors (Lipinski definition) is 0. The van der Waals surface area contributed by atoms with Crippen LogP contribution in [0.2, 0.25) is 0 Å². The lowest BCUT2D eigenvalue weighted by atomic mass is 10.1. The van der Waals surface area contributed by atoms with E-state index in [1.165, 1.54) is 24.2 Å². The standard InChI is InChI=1S/C18H24N4/c1-3-5-13-21-15-9-7-11-19-17(15)22(14-6-4-2)18-16(21)10-8-12-20-18/h7-12H,3-6,13-14H2,1-2H3. The van der Waals surface area contributed by atoms with Gasteiger partial charge in [0.1, 0.15) is 0 Å². The van der Waals surface area contributed by atoms with Gasteiger partial charge in [-0.15, -0.1) is 0 Å². The van der Waals surface area contributed by atoms with Crippen molar-refractivity contribution in [1.82, 2.24) is 9.97 Å². The highest BCUT2D eigenvalue weighted by Gasteiger charge is 2.29. The van der Waals surface area contributed by atoms with Crippen molar-refractivity contribution in [3.05, 3.63) is 36.7 Å². The summed E-state index contributed by atoms with van der Waals surface area (Å²) in [5, 5.41) is 0. The van der Waals surface area contributed by atoms with Crippen LogP contribution >= 0.6 is 0 Å². The molecule has 0 N–H and O–H groups in total. The Morgan fingerprint density at radius 2 is 1.27 bits per heavy atom. The van der Waals surface area contributed by atoms with Crippen LogP contribution in [0, 0.1) is 0 Å². The maximum atomic E-state index is 4.66. The van der Waals surface area contributed by atoms with Crippen LogP contribution < -0.4 is 9.80 Å². The number of hydrogen-bond acceptors (Lipinski definition) is 4. The highest BCUT2D eigenvalue weighted by atomic mass is 15.3. The molecule has 0 atom stereocenters. The van der Waals surface area contributed by atoms with E-state index in [9.17, 15) is 0 Å². The van der Waals surface area contributed by atoms with Gasteiger partial charge in [-0.3, -0.25) is 0 Å². The van der Waals surface area contributed by atoms with Crippen LogP contribution in [-0.2, 0) is 0 Å². The summed E-state index contributed by atoms with van der Waals surface area (Å²) < 4.78 is 0. The highest BCUT2D eigenvalue weighted by molar-refractivity contribution is 5.89. The molecule has 0 spiro atoms. The van der Waals surface area contributed by atoms with Gasteiger partial charge in [0, 0.05) is 25.5 Å². The van der Waals surface area contributed by atoms with E-state index in [1.54, 1.807) is 0 Å². The summed E-state index contributed by atoms with van der Waals surface area (Å²) >= 11 is 0. The Hall–Kier alpha value is -2.10. The Morgan fingerprint density at radius 1 is 0.773 bits per heavy atom. The number of pyridine rings is 2. The maximum absolute atomic E-state index is 4.66. The summed E-state index contributed by atoms with van der Waals surface area (Å²) in [6.45, 7) is 6.42. The Morgan fingerprint density at radius 3 is 1.77 bits per heavy atom. The zero-order chi connectivity index (χ0) is 15.4. The summed E-state index contributed by atoms with van der Waals surface area (Å²) in [6, 6.07) is 8.40. The predicted octanol–water partition coefficient (Wildman–Crippen LogP) is 4.67. The molecule has 0 unspecified atom stereocenters. The van der Waals surface area contributed by atoms with Gasteiger partial charge >= 0.3 is 0 Å². The van der Waals surface area contributed by atoms with Gasteiger partial charge in [-0.25, -0.2) is 9.97 Å². The molecule has 0 amide bonds. The van der Waals surface area contributed by atoms with E-state index in [1.807, 2.05) is 24.5 Å². The van der Waals surface area contributed by atoms with Crippen LogP contribution in [0.15, 0.2) is 36.7 Å². The molecule has 22 heavy (non-hydrogen) atoms. The Balaban J connectivity index is 2.06. The summed E-state index contributed by atoms with van der Waals surface area (Å²) in [4.78, 5) is 14.0. The maximum Gasteiger partial charge on any atom is 0.158 e. The van der Waals surface area contributed by atoms with Crippen LogP contribution in [-0.4, -0.2) is 23.1 Å². The lowest BCUT2D eigenvalue weighted by Gasteiger charge is -2.38. The molecule has 4 nitrogen and oxygen atoms in total. The fourth-order valence-corrected chi connectivity index (χ4v) is 2.93. The molecule has 1 aliphatic heterocycles. The van der Waals surface area contributed by atoms with Crippen molar-refractivity contribution < 1.29 is 0 Å². The van der Waals surface area contributed by atoms with E-state index >= 15 is 0 Å². The third-order valence-electron chi connectivity index (χ3n) is 4.10. The molecule has 1 aliphatic rings. The average Bonchev–Trinajstić information content (AvgIpc) is 2.58. The normalized spacial score (nSPS) is 13.0. The number of unbranched alkanes of at least 4 members (excludes halogenated alkanes) is 2. The fraction of sp³-hybridized carbons (Fsp3) is 0.444. The van der Waals surface area contributed by atoms with Gasteiger partial charge in [-0.2, -0.15) is 0 Å². The molecule has 0 bridgehead atoms. The topological polar surface area (TPSA) is 32.3 Å². The van der Waals surface area contributed by atoms with Crippen LogP contribution in [0.25, 0.3) is 0 Å². The first-order valence-corrected chi connectivity index (χ1v) is 8.32. The van der Waals surface area contributed by atoms with Crippen molar-refractivity contribution in [2.75, 3.05) is 22.9 Å².